The van der Waals surface area contributed by atoms with Crippen LogP contribution in [0, 0.1) is 0 Å². The summed E-state index contributed by atoms with van der Waals surface area (Å²) in [5, 5.41) is 3.28. The molecule has 4 nitrogen and oxygen atoms in total. The Morgan fingerprint density at radius 1 is 1.04 bits per heavy atom. The molecule has 0 aromatic heterocycles. The van der Waals surface area contributed by atoms with Gasteiger partial charge in [0.2, 0.25) is 0 Å². The van der Waals surface area contributed by atoms with Crippen LogP contribution in [0.5, 0.6) is 5.75 Å². The Morgan fingerprint density at radius 3 is 2.26 bits per heavy atom. The lowest BCUT2D eigenvalue weighted by Gasteiger charge is -2.08. The highest BCUT2D eigenvalue weighted by molar-refractivity contribution is 7.99. The number of rotatable bonds is 7. The summed E-state index contributed by atoms with van der Waals surface area (Å²) >= 11 is 7.52. The Kier molecular flexibility index (Phi) is 7.10. The molecule has 6 heteroatoms. The second kappa shape index (κ2) is 9.33. The second-order valence-corrected chi connectivity index (χ2v) is 6.13. The number of carbonyl (C=O) groups excluding carboxylic acids is 1. The van der Waals surface area contributed by atoms with E-state index in [1.54, 1.807) is 11.8 Å². The van der Waals surface area contributed by atoms with E-state index in [9.17, 15) is 4.79 Å². The molecule has 0 fully saturated rings. The number of alkyl carbamates (subject to hydrolysis) is 1. The maximum Gasteiger partial charge on any atom is 0.407 e. The van der Waals surface area contributed by atoms with Gasteiger partial charge >= 0.3 is 6.09 Å². The van der Waals surface area contributed by atoms with Gasteiger partial charge in [-0.15, -0.1) is 0 Å². The fraction of sp³-hybridized carbons (Fsp3) is 0.235. The van der Waals surface area contributed by atoms with Gasteiger partial charge in [0.15, 0.2) is 0 Å². The van der Waals surface area contributed by atoms with Crippen LogP contribution in [0.25, 0.3) is 0 Å². The summed E-state index contributed by atoms with van der Waals surface area (Å²) in [5.41, 5.74) is 0. The first-order valence-electron chi connectivity index (χ1n) is 7.24. The van der Waals surface area contributed by atoms with Crippen LogP contribution >= 0.6 is 23.4 Å². The number of hydrogen-bond donors (Lipinski definition) is 1. The fourth-order valence-corrected chi connectivity index (χ4v) is 2.67. The predicted molar refractivity (Wildman–Crippen MR) is 92.5 cm³/mol. The number of hydrogen-bond acceptors (Lipinski definition) is 4. The summed E-state index contributed by atoms with van der Waals surface area (Å²) in [5.74, 6) is 0.741. The molecule has 0 atom stereocenters. The zero-order valence-corrected chi connectivity index (χ0v) is 14.3. The first-order valence-corrected chi connectivity index (χ1v) is 8.43. The largest absolute Gasteiger partial charge is 0.490 e. The number of benzene rings is 2. The third-order valence-electron chi connectivity index (χ3n) is 2.78. The molecule has 0 aliphatic carbocycles. The Hall–Kier alpha value is -1.85. The maximum absolute atomic E-state index is 11.1. The smallest absolute Gasteiger partial charge is 0.407 e. The Morgan fingerprint density at radius 2 is 1.65 bits per heavy atom. The fourth-order valence-electron chi connectivity index (χ4n) is 1.73. The lowest BCUT2D eigenvalue weighted by Crippen LogP contribution is -2.25. The van der Waals surface area contributed by atoms with Gasteiger partial charge in [-0.3, -0.25) is 0 Å². The highest BCUT2D eigenvalue weighted by atomic mass is 35.5. The van der Waals surface area contributed by atoms with Gasteiger partial charge in [-0.05, 0) is 55.5 Å². The van der Waals surface area contributed by atoms with E-state index in [1.165, 1.54) is 0 Å². The van der Waals surface area contributed by atoms with Crippen molar-refractivity contribution < 1.29 is 14.3 Å². The molecule has 2 aromatic carbocycles. The Balaban J connectivity index is 1.76. The van der Waals surface area contributed by atoms with Gasteiger partial charge in [0.1, 0.15) is 19.0 Å². The van der Waals surface area contributed by atoms with E-state index in [1.807, 2.05) is 55.5 Å². The summed E-state index contributed by atoms with van der Waals surface area (Å²) in [7, 11) is 0. The SMILES string of the molecule is CCNC(=O)OCCOc1ccc(Sc2ccc(Cl)cc2)cc1. The zero-order valence-electron chi connectivity index (χ0n) is 12.8. The number of amides is 1. The van der Waals surface area contributed by atoms with Crippen molar-refractivity contribution in [2.45, 2.75) is 16.7 Å². The minimum Gasteiger partial charge on any atom is -0.490 e. The van der Waals surface area contributed by atoms with Gasteiger partial charge in [-0.25, -0.2) is 4.79 Å². The molecule has 1 N–H and O–H groups in total. The van der Waals surface area contributed by atoms with Crippen LogP contribution in [0.1, 0.15) is 6.92 Å². The van der Waals surface area contributed by atoms with E-state index in [0.29, 0.717) is 13.2 Å². The molecule has 2 rings (SSSR count). The van der Waals surface area contributed by atoms with Gasteiger partial charge in [-0.2, -0.15) is 0 Å². The highest BCUT2D eigenvalue weighted by Gasteiger charge is 2.01. The van der Waals surface area contributed by atoms with Crippen molar-refractivity contribution in [1.82, 2.24) is 5.32 Å². The molecule has 0 unspecified atom stereocenters. The molecule has 23 heavy (non-hydrogen) atoms. The van der Waals surface area contributed by atoms with Crippen molar-refractivity contribution in [3.05, 3.63) is 53.6 Å². The predicted octanol–water partition coefficient (Wildman–Crippen LogP) is 4.62. The minimum atomic E-state index is -0.425. The van der Waals surface area contributed by atoms with Crippen LogP contribution in [0.4, 0.5) is 4.79 Å². The number of ether oxygens (including phenoxy) is 2. The Labute approximate surface area is 145 Å². The lowest BCUT2D eigenvalue weighted by molar-refractivity contribution is 0.125. The summed E-state index contributed by atoms with van der Waals surface area (Å²) in [6.45, 7) is 2.92. The van der Waals surface area contributed by atoms with Crippen molar-refractivity contribution in [1.29, 1.82) is 0 Å². The lowest BCUT2D eigenvalue weighted by atomic mass is 10.3. The van der Waals surface area contributed by atoms with Crippen LogP contribution in [0.3, 0.4) is 0 Å². The quantitative estimate of drug-likeness (QED) is 0.739. The van der Waals surface area contributed by atoms with Gasteiger partial charge in [-0.1, -0.05) is 23.4 Å². The van der Waals surface area contributed by atoms with E-state index in [4.69, 9.17) is 21.1 Å². The van der Waals surface area contributed by atoms with E-state index < -0.39 is 6.09 Å². The van der Waals surface area contributed by atoms with Gasteiger partial charge in [0, 0.05) is 21.4 Å². The van der Waals surface area contributed by atoms with Crippen molar-refractivity contribution in [2.75, 3.05) is 19.8 Å². The first-order chi connectivity index (χ1) is 11.2. The average molecular weight is 352 g/mol. The number of nitrogens with one attached hydrogen (secondary N) is 1. The second-order valence-electron chi connectivity index (χ2n) is 4.54. The Bertz CT molecular complexity index is 617. The molecule has 1 amide bonds. The third-order valence-corrected chi connectivity index (χ3v) is 4.05. The van der Waals surface area contributed by atoms with Crippen LogP contribution < -0.4 is 10.1 Å². The maximum atomic E-state index is 11.1. The van der Waals surface area contributed by atoms with Crippen LogP contribution in [-0.2, 0) is 4.74 Å². The monoisotopic (exact) mass is 351 g/mol. The summed E-state index contributed by atoms with van der Waals surface area (Å²) < 4.78 is 10.5. The van der Waals surface area contributed by atoms with Crippen LogP contribution in [0.2, 0.25) is 5.02 Å². The van der Waals surface area contributed by atoms with Crippen molar-refractivity contribution in [2.24, 2.45) is 0 Å². The van der Waals surface area contributed by atoms with E-state index >= 15 is 0 Å². The molecule has 0 aliphatic heterocycles. The molecule has 0 saturated heterocycles. The zero-order chi connectivity index (χ0) is 16.5. The van der Waals surface area contributed by atoms with E-state index in [-0.39, 0.29) is 6.61 Å². The molecular formula is C17H18ClNO3S. The third kappa shape index (κ3) is 6.42. The van der Waals surface area contributed by atoms with Crippen molar-refractivity contribution >= 4 is 29.5 Å². The van der Waals surface area contributed by atoms with E-state index in [0.717, 1.165) is 20.6 Å². The van der Waals surface area contributed by atoms with Crippen LogP contribution in [0.15, 0.2) is 58.3 Å². The highest BCUT2D eigenvalue weighted by Crippen LogP contribution is 2.29. The molecule has 0 bridgehead atoms. The minimum absolute atomic E-state index is 0.215. The van der Waals surface area contributed by atoms with Gasteiger partial charge in [0.25, 0.3) is 0 Å². The summed E-state index contributed by atoms with van der Waals surface area (Å²) in [4.78, 5) is 13.3. The van der Waals surface area contributed by atoms with Crippen LogP contribution in [-0.4, -0.2) is 25.9 Å². The van der Waals surface area contributed by atoms with Crippen molar-refractivity contribution in [3.63, 3.8) is 0 Å². The molecular weight excluding hydrogens is 334 g/mol. The van der Waals surface area contributed by atoms with E-state index in [2.05, 4.69) is 5.32 Å². The summed E-state index contributed by atoms with van der Waals surface area (Å²) in [6.07, 6.45) is -0.425. The molecule has 0 heterocycles. The molecule has 0 spiro atoms. The molecule has 122 valence electrons. The average Bonchev–Trinajstić information content (AvgIpc) is 2.55. The molecule has 0 aliphatic rings. The molecule has 0 saturated carbocycles. The summed E-state index contributed by atoms with van der Waals surface area (Å²) in [6, 6.07) is 15.5. The van der Waals surface area contributed by atoms with Crippen molar-refractivity contribution in [3.8, 4) is 5.75 Å². The normalized spacial score (nSPS) is 10.2. The van der Waals surface area contributed by atoms with Gasteiger partial charge < -0.3 is 14.8 Å². The number of halogens is 1. The molecule has 0 radical (unpaired) electrons. The first kappa shape index (κ1) is 17.5. The number of carbonyl (C=O) groups is 1. The standard InChI is InChI=1S/C17H18ClNO3S/c1-2-19-17(20)22-12-11-21-14-5-9-16(10-6-14)23-15-7-3-13(18)4-8-15/h3-10H,2,11-12H2,1H3,(H,19,20). The molecule has 2 aromatic rings. The topological polar surface area (TPSA) is 47.6 Å². The van der Waals surface area contributed by atoms with Gasteiger partial charge in [0.05, 0.1) is 0 Å².